The second-order valence-corrected chi connectivity index (χ2v) is 6.59. The molecular weight excluding hydrogens is 300 g/mol. The quantitative estimate of drug-likeness (QED) is 0.657. The lowest BCUT2D eigenvalue weighted by Crippen LogP contribution is -2.56. The summed E-state index contributed by atoms with van der Waals surface area (Å²) >= 11 is 0. The molecule has 2 heterocycles. The smallest absolute Gasteiger partial charge is 0.326 e. The van der Waals surface area contributed by atoms with Crippen LogP contribution in [0.4, 0.5) is 4.79 Å². The summed E-state index contributed by atoms with van der Waals surface area (Å²) < 4.78 is 0. The molecule has 0 saturated carbocycles. The maximum Gasteiger partial charge on any atom is 0.326 e. The van der Waals surface area contributed by atoms with Crippen LogP contribution in [0.25, 0.3) is 0 Å². The molecule has 1 atom stereocenters. The van der Waals surface area contributed by atoms with Crippen LogP contribution in [0.2, 0.25) is 0 Å². The number of nitrogens with one attached hydrogen (secondary N) is 1. The number of hydrogen-bond donors (Lipinski definition) is 2. The van der Waals surface area contributed by atoms with Crippen LogP contribution in [0.1, 0.15) is 26.2 Å². The Labute approximate surface area is 136 Å². The van der Waals surface area contributed by atoms with E-state index in [4.69, 9.17) is 0 Å². The van der Waals surface area contributed by atoms with E-state index in [9.17, 15) is 19.5 Å². The van der Waals surface area contributed by atoms with Crippen molar-refractivity contribution in [2.75, 3.05) is 40.3 Å². The topological polar surface area (TPSA) is 93.2 Å². The lowest BCUT2D eigenvalue weighted by atomic mass is 9.87. The highest BCUT2D eigenvalue weighted by Gasteiger charge is 2.54. The van der Waals surface area contributed by atoms with Crippen molar-refractivity contribution in [3.8, 4) is 0 Å². The van der Waals surface area contributed by atoms with Gasteiger partial charge in [-0.15, -0.1) is 0 Å². The van der Waals surface area contributed by atoms with E-state index < -0.39 is 23.6 Å². The second-order valence-electron chi connectivity index (χ2n) is 6.59. The van der Waals surface area contributed by atoms with Crippen molar-refractivity contribution in [1.82, 2.24) is 20.0 Å². The number of amides is 3. The number of carboxylic acid groups (broad SMARTS) is 1. The molecule has 0 bridgehead atoms. The van der Waals surface area contributed by atoms with Crippen LogP contribution < -0.4 is 5.32 Å². The normalized spacial score (nSPS) is 22.7. The first-order valence-electron chi connectivity index (χ1n) is 8.06. The van der Waals surface area contributed by atoms with E-state index in [1.165, 1.54) is 0 Å². The second kappa shape index (κ2) is 6.84. The molecule has 2 fully saturated rings. The van der Waals surface area contributed by atoms with Crippen LogP contribution in [-0.4, -0.2) is 89.6 Å². The van der Waals surface area contributed by atoms with Crippen molar-refractivity contribution in [2.45, 2.75) is 37.8 Å². The number of piperidine rings is 1. The molecule has 23 heavy (non-hydrogen) atoms. The lowest BCUT2D eigenvalue weighted by Gasteiger charge is -2.37. The minimum absolute atomic E-state index is 0.208. The number of urea groups is 1. The first-order chi connectivity index (χ1) is 10.8. The summed E-state index contributed by atoms with van der Waals surface area (Å²) in [6.07, 6.45) is 1.26. The highest BCUT2D eigenvalue weighted by Crippen LogP contribution is 2.31. The van der Waals surface area contributed by atoms with E-state index in [0.29, 0.717) is 12.8 Å². The third kappa shape index (κ3) is 3.48. The molecule has 0 aromatic rings. The molecule has 1 unspecified atom stereocenters. The number of carbonyl (C=O) groups excluding carboxylic acids is 2. The number of imide groups is 1. The highest BCUT2D eigenvalue weighted by molar-refractivity contribution is 6.09. The number of carboxylic acids is 1. The zero-order valence-corrected chi connectivity index (χ0v) is 14.0. The lowest BCUT2D eigenvalue weighted by molar-refractivity contribution is -0.148. The number of aliphatic carboxylic acids is 1. The molecule has 2 aliphatic rings. The van der Waals surface area contributed by atoms with Gasteiger partial charge in [-0.3, -0.25) is 4.79 Å². The summed E-state index contributed by atoms with van der Waals surface area (Å²) in [4.78, 5) is 41.5. The van der Waals surface area contributed by atoms with E-state index in [2.05, 4.69) is 15.1 Å². The molecule has 2 aliphatic heterocycles. The summed E-state index contributed by atoms with van der Waals surface area (Å²) in [7, 11) is 4.03. The van der Waals surface area contributed by atoms with Gasteiger partial charge in [0.1, 0.15) is 11.6 Å². The van der Waals surface area contributed by atoms with E-state index in [0.717, 1.165) is 31.1 Å². The third-order valence-electron chi connectivity index (χ3n) is 4.75. The summed E-state index contributed by atoms with van der Waals surface area (Å²) in [5.41, 5.74) is -0.922. The fourth-order valence-electron chi connectivity index (χ4n) is 3.23. The number of hydrogen-bond acceptors (Lipinski definition) is 5. The van der Waals surface area contributed by atoms with Crippen LogP contribution in [0.5, 0.6) is 0 Å². The van der Waals surface area contributed by atoms with Crippen molar-refractivity contribution in [3.63, 3.8) is 0 Å². The van der Waals surface area contributed by atoms with Crippen molar-refractivity contribution in [2.24, 2.45) is 0 Å². The molecule has 0 radical (unpaired) electrons. The van der Waals surface area contributed by atoms with Crippen LogP contribution >= 0.6 is 0 Å². The predicted molar refractivity (Wildman–Crippen MR) is 84.1 cm³/mol. The minimum atomic E-state index is -1.14. The fourth-order valence-corrected chi connectivity index (χ4v) is 3.23. The molecular formula is C15H26N4O4. The molecule has 130 valence electrons. The molecule has 3 amide bonds. The maximum absolute atomic E-state index is 12.7. The fraction of sp³-hybridized carbons (Fsp3) is 0.800. The van der Waals surface area contributed by atoms with Gasteiger partial charge in [0.2, 0.25) is 0 Å². The Morgan fingerprint density at radius 2 is 1.96 bits per heavy atom. The Morgan fingerprint density at radius 3 is 2.43 bits per heavy atom. The van der Waals surface area contributed by atoms with E-state index in [1.54, 1.807) is 6.92 Å². The molecule has 2 N–H and O–H groups in total. The zero-order chi connectivity index (χ0) is 17.2. The van der Waals surface area contributed by atoms with Crippen molar-refractivity contribution >= 4 is 17.9 Å². The van der Waals surface area contributed by atoms with Crippen molar-refractivity contribution < 1.29 is 19.5 Å². The standard InChI is InChI=1S/C15H26N4O4/c1-4-11(12(20)21)19-13(22)15(16-14(19)23)5-7-18(8-6-15)10-9-17(2)3/h11H,4-10H2,1-3H3,(H,16,23)(H,20,21). The molecule has 0 aromatic heterocycles. The Bertz CT molecular complexity index is 486. The number of likely N-dealkylation sites (tertiary alicyclic amines) is 1. The SMILES string of the molecule is CCC(C(=O)O)N1C(=O)NC2(CCN(CCN(C)C)CC2)C1=O. The van der Waals surface area contributed by atoms with Gasteiger partial charge in [-0.1, -0.05) is 6.92 Å². The van der Waals surface area contributed by atoms with Gasteiger partial charge >= 0.3 is 12.0 Å². The summed E-state index contributed by atoms with van der Waals surface area (Å²) in [5, 5.41) is 12.0. The van der Waals surface area contributed by atoms with Crippen LogP contribution in [0.3, 0.4) is 0 Å². The number of rotatable bonds is 6. The van der Waals surface area contributed by atoms with Gasteiger partial charge < -0.3 is 20.2 Å². The molecule has 8 heteroatoms. The van der Waals surface area contributed by atoms with Gasteiger partial charge in [-0.05, 0) is 33.4 Å². The largest absolute Gasteiger partial charge is 0.480 e. The summed E-state index contributed by atoms with van der Waals surface area (Å²) in [6, 6.07) is -1.67. The average Bonchev–Trinajstić information content (AvgIpc) is 2.72. The predicted octanol–water partition coefficient (Wildman–Crippen LogP) is -0.202. The van der Waals surface area contributed by atoms with Gasteiger partial charge in [-0.2, -0.15) is 0 Å². The first-order valence-corrected chi connectivity index (χ1v) is 8.06. The van der Waals surface area contributed by atoms with E-state index >= 15 is 0 Å². The Morgan fingerprint density at radius 1 is 1.35 bits per heavy atom. The van der Waals surface area contributed by atoms with Gasteiger partial charge in [0.25, 0.3) is 5.91 Å². The van der Waals surface area contributed by atoms with Crippen molar-refractivity contribution in [3.05, 3.63) is 0 Å². The van der Waals surface area contributed by atoms with Gasteiger partial charge in [-0.25, -0.2) is 14.5 Å². The summed E-state index contributed by atoms with van der Waals surface area (Å²) in [5.74, 6) is -1.53. The molecule has 1 spiro atoms. The van der Waals surface area contributed by atoms with Crippen LogP contribution in [0.15, 0.2) is 0 Å². The Kier molecular flexibility index (Phi) is 5.26. The highest BCUT2D eigenvalue weighted by atomic mass is 16.4. The molecule has 8 nitrogen and oxygen atoms in total. The molecule has 2 rings (SSSR count). The minimum Gasteiger partial charge on any atom is -0.480 e. The number of likely N-dealkylation sites (N-methyl/N-ethyl adjacent to an activating group) is 1. The first kappa shape index (κ1) is 17.7. The van der Waals surface area contributed by atoms with E-state index in [1.807, 2.05) is 14.1 Å². The maximum atomic E-state index is 12.7. The van der Waals surface area contributed by atoms with Crippen LogP contribution in [0, 0.1) is 0 Å². The van der Waals surface area contributed by atoms with Gasteiger partial charge in [0.05, 0.1) is 0 Å². The molecule has 0 aliphatic carbocycles. The number of carbonyl (C=O) groups is 3. The molecule has 2 saturated heterocycles. The van der Waals surface area contributed by atoms with Crippen LogP contribution in [-0.2, 0) is 9.59 Å². The van der Waals surface area contributed by atoms with E-state index in [-0.39, 0.29) is 12.3 Å². The summed E-state index contributed by atoms with van der Waals surface area (Å²) in [6.45, 7) is 4.96. The monoisotopic (exact) mass is 326 g/mol. The zero-order valence-electron chi connectivity index (χ0n) is 14.0. The average molecular weight is 326 g/mol. The Hall–Kier alpha value is -1.67. The van der Waals surface area contributed by atoms with Crippen molar-refractivity contribution in [1.29, 1.82) is 0 Å². The Balaban J connectivity index is 2.04. The van der Waals surface area contributed by atoms with Gasteiger partial charge in [0.15, 0.2) is 0 Å². The number of nitrogens with zero attached hydrogens (tertiary/aromatic N) is 3. The van der Waals surface area contributed by atoms with Gasteiger partial charge in [0, 0.05) is 26.2 Å². The third-order valence-corrected chi connectivity index (χ3v) is 4.75. The molecule has 0 aromatic carbocycles.